The lowest BCUT2D eigenvalue weighted by Gasteiger charge is -2.39. The molecule has 1 spiro atoms. The van der Waals surface area contributed by atoms with E-state index in [9.17, 15) is 4.79 Å². The summed E-state index contributed by atoms with van der Waals surface area (Å²) >= 11 is 0. The van der Waals surface area contributed by atoms with Gasteiger partial charge < -0.3 is 10.6 Å². The van der Waals surface area contributed by atoms with Crippen LogP contribution in [0.15, 0.2) is 24.3 Å². The fraction of sp³-hybridized carbons (Fsp3) is 0.682. The molecule has 1 aromatic rings. The van der Waals surface area contributed by atoms with E-state index in [2.05, 4.69) is 41.8 Å². The molecule has 1 amide bonds. The Kier molecular flexibility index (Phi) is 5.98. The minimum atomic E-state index is 0. The summed E-state index contributed by atoms with van der Waals surface area (Å²) in [5.74, 6) is 0.590. The van der Waals surface area contributed by atoms with Crippen LogP contribution in [0.25, 0.3) is 0 Å². The van der Waals surface area contributed by atoms with E-state index in [1.165, 1.54) is 56.1 Å². The second-order valence-corrected chi connectivity index (χ2v) is 8.74. The number of rotatable bonds is 4. The van der Waals surface area contributed by atoms with Crippen LogP contribution in [-0.4, -0.2) is 25.5 Å². The molecule has 1 heterocycles. The van der Waals surface area contributed by atoms with Crippen molar-refractivity contribution < 1.29 is 4.79 Å². The van der Waals surface area contributed by atoms with Gasteiger partial charge >= 0.3 is 0 Å². The lowest BCUT2D eigenvalue weighted by molar-refractivity contribution is -0.123. The number of halogens is 1. The standard InChI is InChI=1S/C22H32N2O.ClH/c1-17-7-3-4-8-18(17)22(9-5-2-6-10-22)16-24-20(25)19-15-21(19)11-13-23-14-12-21;/h3-4,7-8,19,23H,2,5-6,9-16H2,1H3,(H,24,25);1H. The van der Waals surface area contributed by atoms with Crippen molar-refractivity contribution in [3.05, 3.63) is 35.4 Å². The van der Waals surface area contributed by atoms with Gasteiger partial charge in [0.1, 0.15) is 0 Å². The number of piperidine rings is 1. The van der Waals surface area contributed by atoms with Crippen LogP contribution < -0.4 is 10.6 Å². The predicted molar refractivity (Wildman–Crippen MR) is 109 cm³/mol. The molecule has 0 bridgehead atoms. The molecular formula is C22H33ClN2O. The van der Waals surface area contributed by atoms with Crippen molar-refractivity contribution in [1.82, 2.24) is 10.6 Å². The molecule has 144 valence electrons. The molecule has 1 aliphatic heterocycles. The molecule has 3 nitrogen and oxygen atoms in total. The van der Waals surface area contributed by atoms with E-state index in [4.69, 9.17) is 0 Å². The van der Waals surface area contributed by atoms with Crippen LogP contribution in [0.2, 0.25) is 0 Å². The van der Waals surface area contributed by atoms with Gasteiger partial charge in [-0.3, -0.25) is 4.79 Å². The normalized spacial score (nSPS) is 26.0. The van der Waals surface area contributed by atoms with Crippen LogP contribution in [0.1, 0.15) is 62.5 Å². The Labute approximate surface area is 164 Å². The van der Waals surface area contributed by atoms with Crippen LogP contribution in [0.5, 0.6) is 0 Å². The second-order valence-electron chi connectivity index (χ2n) is 8.74. The first-order chi connectivity index (χ1) is 12.2. The summed E-state index contributed by atoms with van der Waals surface area (Å²) in [5.41, 5.74) is 3.31. The van der Waals surface area contributed by atoms with Crippen LogP contribution in [0, 0.1) is 18.3 Å². The maximum absolute atomic E-state index is 12.8. The van der Waals surface area contributed by atoms with Gasteiger partial charge in [-0.25, -0.2) is 0 Å². The lowest BCUT2D eigenvalue weighted by Crippen LogP contribution is -2.44. The molecule has 4 heteroatoms. The predicted octanol–water partition coefficient (Wildman–Crippen LogP) is 4.12. The SMILES string of the molecule is Cc1ccccc1C1(CNC(=O)C2CC23CCNCC3)CCCCC1.Cl. The Morgan fingerprint density at radius 3 is 2.50 bits per heavy atom. The number of hydrogen-bond acceptors (Lipinski definition) is 2. The number of benzene rings is 1. The van der Waals surface area contributed by atoms with Crippen LogP contribution in [0.4, 0.5) is 0 Å². The molecule has 1 atom stereocenters. The Hall–Kier alpha value is -1.06. The summed E-state index contributed by atoms with van der Waals surface area (Å²) in [5, 5.41) is 6.82. The highest BCUT2D eigenvalue weighted by Crippen LogP contribution is 2.58. The molecule has 1 saturated heterocycles. The number of carbonyl (C=O) groups is 1. The molecule has 4 rings (SSSR count). The molecule has 3 fully saturated rings. The van der Waals surface area contributed by atoms with Crippen molar-refractivity contribution in [2.24, 2.45) is 11.3 Å². The second kappa shape index (κ2) is 7.90. The van der Waals surface area contributed by atoms with E-state index in [1.54, 1.807) is 0 Å². The van der Waals surface area contributed by atoms with Gasteiger partial charge in [0.15, 0.2) is 0 Å². The van der Waals surface area contributed by atoms with Crippen molar-refractivity contribution in [2.45, 2.75) is 63.7 Å². The molecule has 26 heavy (non-hydrogen) atoms. The number of carbonyl (C=O) groups excluding carboxylic acids is 1. The summed E-state index contributed by atoms with van der Waals surface area (Å²) < 4.78 is 0. The third kappa shape index (κ3) is 3.66. The molecule has 1 aromatic carbocycles. The molecule has 2 N–H and O–H groups in total. The van der Waals surface area contributed by atoms with Crippen molar-refractivity contribution >= 4 is 18.3 Å². The maximum Gasteiger partial charge on any atom is 0.223 e. The molecule has 1 unspecified atom stereocenters. The van der Waals surface area contributed by atoms with E-state index >= 15 is 0 Å². The average Bonchev–Trinajstić information content (AvgIpc) is 3.34. The zero-order chi connectivity index (χ0) is 17.3. The fourth-order valence-electron chi connectivity index (χ4n) is 5.51. The fourth-order valence-corrected chi connectivity index (χ4v) is 5.51. The Morgan fingerprint density at radius 2 is 1.81 bits per heavy atom. The third-order valence-electron chi connectivity index (χ3n) is 7.23. The smallest absolute Gasteiger partial charge is 0.223 e. The molecule has 3 aliphatic rings. The Morgan fingerprint density at radius 1 is 1.12 bits per heavy atom. The van der Waals surface area contributed by atoms with E-state index in [0.717, 1.165) is 26.1 Å². The third-order valence-corrected chi connectivity index (χ3v) is 7.23. The first-order valence-corrected chi connectivity index (χ1v) is 10.2. The van der Waals surface area contributed by atoms with E-state index in [-0.39, 0.29) is 23.7 Å². The van der Waals surface area contributed by atoms with E-state index in [1.807, 2.05) is 0 Å². The van der Waals surface area contributed by atoms with Crippen LogP contribution in [-0.2, 0) is 10.2 Å². The van der Waals surface area contributed by atoms with Crippen molar-refractivity contribution in [3.8, 4) is 0 Å². The number of nitrogens with one attached hydrogen (secondary N) is 2. The summed E-state index contributed by atoms with van der Waals surface area (Å²) in [4.78, 5) is 12.8. The highest BCUT2D eigenvalue weighted by atomic mass is 35.5. The minimum absolute atomic E-state index is 0. The highest BCUT2D eigenvalue weighted by Gasteiger charge is 2.57. The van der Waals surface area contributed by atoms with Crippen molar-refractivity contribution in [3.63, 3.8) is 0 Å². The van der Waals surface area contributed by atoms with Gasteiger partial charge in [0.25, 0.3) is 0 Å². The topological polar surface area (TPSA) is 41.1 Å². The molecule has 0 radical (unpaired) electrons. The van der Waals surface area contributed by atoms with Gasteiger partial charge in [-0.2, -0.15) is 0 Å². The van der Waals surface area contributed by atoms with Gasteiger partial charge in [0.2, 0.25) is 5.91 Å². The molecule has 2 aliphatic carbocycles. The van der Waals surface area contributed by atoms with Gasteiger partial charge in [-0.05, 0) is 68.7 Å². The van der Waals surface area contributed by atoms with Crippen LogP contribution in [0.3, 0.4) is 0 Å². The largest absolute Gasteiger partial charge is 0.355 e. The Bertz CT molecular complexity index is 633. The number of hydrogen-bond donors (Lipinski definition) is 2. The van der Waals surface area contributed by atoms with Gasteiger partial charge in [0.05, 0.1) is 0 Å². The lowest BCUT2D eigenvalue weighted by atomic mass is 9.68. The quantitative estimate of drug-likeness (QED) is 0.829. The first kappa shape index (κ1) is 19.7. The summed E-state index contributed by atoms with van der Waals surface area (Å²) in [6.45, 7) is 5.20. The number of amides is 1. The first-order valence-electron chi connectivity index (χ1n) is 10.2. The zero-order valence-electron chi connectivity index (χ0n) is 16.0. The molecule has 0 aromatic heterocycles. The summed E-state index contributed by atoms with van der Waals surface area (Å²) in [6.07, 6.45) is 9.77. The Balaban J connectivity index is 0.00000196. The van der Waals surface area contributed by atoms with Gasteiger partial charge in [0, 0.05) is 17.9 Å². The maximum atomic E-state index is 12.8. The number of aryl methyl sites for hydroxylation is 1. The molecular weight excluding hydrogens is 344 g/mol. The van der Waals surface area contributed by atoms with Crippen LogP contribution >= 0.6 is 12.4 Å². The highest BCUT2D eigenvalue weighted by molar-refractivity contribution is 5.85. The van der Waals surface area contributed by atoms with E-state index < -0.39 is 0 Å². The van der Waals surface area contributed by atoms with E-state index in [0.29, 0.717) is 11.3 Å². The van der Waals surface area contributed by atoms with Crippen molar-refractivity contribution in [2.75, 3.05) is 19.6 Å². The molecule has 2 saturated carbocycles. The minimum Gasteiger partial charge on any atom is -0.355 e. The monoisotopic (exact) mass is 376 g/mol. The van der Waals surface area contributed by atoms with Crippen molar-refractivity contribution in [1.29, 1.82) is 0 Å². The average molecular weight is 377 g/mol. The zero-order valence-corrected chi connectivity index (χ0v) is 16.8. The van der Waals surface area contributed by atoms with Gasteiger partial charge in [-0.1, -0.05) is 43.5 Å². The van der Waals surface area contributed by atoms with Gasteiger partial charge in [-0.15, -0.1) is 12.4 Å². The summed E-state index contributed by atoms with van der Waals surface area (Å²) in [6, 6.07) is 8.79. The summed E-state index contributed by atoms with van der Waals surface area (Å²) in [7, 11) is 0.